The van der Waals surface area contributed by atoms with Gasteiger partial charge in [0, 0.05) is 11.1 Å². The van der Waals surface area contributed by atoms with Crippen LogP contribution in [-0.2, 0) is 19.1 Å². The molecular formula is C38H72O4. The Morgan fingerprint density at radius 2 is 0.548 bits per heavy atom. The molecule has 248 valence electrons. The van der Waals surface area contributed by atoms with E-state index >= 15 is 0 Å². The van der Waals surface area contributed by atoms with Crippen LogP contribution in [0.3, 0.4) is 0 Å². The number of esters is 2. The average Bonchev–Trinajstić information content (AvgIpc) is 2.97. The molecule has 0 saturated heterocycles. The van der Waals surface area contributed by atoms with Crippen molar-refractivity contribution in [2.75, 3.05) is 13.2 Å². The lowest BCUT2D eigenvalue weighted by atomic mass is 10.0. The third-order valence-electron chi connectivity index (χ3n) is 7.70. The second-order valence-corrected chi connectivity index (χ2v) is 12.3. The molecule has 0 atom stereocenters. The molecule has 4 heteroatoms. The zero-order valence-electron chi connectivity index (χ0n) is 28.8. The maximum Gasteiger partial charge on any atom is 0.333 e. The smallest absolute Gasteiger partial charge is 0.333 e. The Kier molecular flexibility index (Phi) is 36.1. The van der Waals surface area contributed by atoms with Gasteiger partial charge in [-0.25, -0.2) is 9.59 Å². The summed E-state index contributed by atoms with van der Waals surface area (Å²) in [5.74, 6) is -0.979. The summed E-state index contributed by atoms with van der Waals surface area (Å²) >= 11 is 0. The predicted octanol–water partition coefficient (Wildman–Crippen LogP) is 12.4. The van der Waals surface area contributed by atoms with Gasteiger partial charge < -0.3 is 9.47 Å². The molecule has 0 aromatic carbocycles. The Hall–Kier alpha value is -1.58. The number of hydrogen-bond donors (Lipinski definition) is 0. The van der Waals surface area contributed by atoms with Crippen molar-refractivity contribution in [3.63, 3.8) is 0 Å². The van der Waals surface area contributed by atoms with Crippen LogP contribution in [0.2, 0.25) is 0 Å². The van der Waals surface area contributed by atoms with Gasteiger partial charge in [-0.05, 0) is 13.8 Å². The van der Waals surface area contributed by atoms with Gasteiger partial charge in [0.1, 0.15) is 13.2 Å². The van der Waals surface area contributed by atoms with Gasteiger partial charge in [0.15, 0.2) is 0 Å². The van der Waals surface area contributed by atoms with Gasteiger partial charge in [-0.15, -0.1) is 0 Å². The summed E-state index contributed by atoms with van der Waals surface area (Å²) in [6.45, 7) is 14.6. The molecule has 0 unspecified atom stereocenters. The van der Waals surface area contributed by atoms with Crippen LogP contribution in [0.25, 0.3) is 0 Å². The lowest BCUT2D eigenvalue weighted by Gasteiger charge is -2.05. The van der Waals surface area contributed by atoms with Crippen molar-refractivity contribution in [3.8, 4) is 0 Å². The van der Waals surface area contributed by atoms with E-state index < -0.39 is 11.9 Å². The summed E-state index contributed by atoms with van der Waals surface area (Å²) in [5, 5.41) is 0. The van der Waals surface area contributed by atoms with Crippen LogP contribution in [-0.4, -0.2) is 25.2 Å². The first-order valence-corrected chi connectivity index (χ1v) is 18.0. The van der Waals surface area contributed by atoms with E-state index in [0.717, 1.165) is 0 Å². The molecule has 0 rings (SSSR count). The molecule has 42 heavy (non-hydrogen) atoms. The largest absolute Gasteiger partial charge is 0.459 e. The highest BCUT2D eigenvalue weighted by molar-refractivity contribution is 5.87. The fourth-order valence-electron chi connectivity index (χ4n) is 4.90. The van der Waals surface area contributed by atoms with Crippen molar-refractivity contribution in [1.82, 2.24) is 0 Å². The molecule has 0 amide bonds. The SMILES string of the molecule is C=C(C)C(=O)OCCOC(=O)C(=C)C.CCCCCCCCCCCCCCCCCCCCCCCCCCCC. The number of rotatable bonds is 30. The highest BCUT2D eigenvalue weighted by Gasteiger charge is 2.05. The van der Waals surface area contributed by atoms with Gasteiger partial charge in [0.2, 0.25) is 0 Å². The van der Waals surface area contributed by atoms with Gasteiger partial charge in [0.05, 0.1) is 0 Å². The van der Waals surface area contributed by atoms with E-state index in [0.29, 0.717) is 11.1 Å². The standard InChI is InChI=1S/C28H58.C10H14O4/c1-3-5-7-9-11-13-15-17-19-21-23-25-27-28-26-24-22-20-18-16-14-12-10-8-6-4-2;1-7(2)9(11)13-5-6-14-10(12)8(3)4/h3-28H2,1-2H3;1,3,5-6H2,2,4H3. The van der Waals surface area contributed by atoms with Crippen molar-refractivity contribution in [2.24, 2.45) is 0 Å². The highest BCUT2D eigenvalue weighted by Crippen LogP contribution is 2.15. The molecule has 0 aliphatic heterocycles. The number of ether oxygens (including phenoxy) is 2. The summed E-state index contributed by atoms with van der Waals surface area (Å²) in [4.78, 5) is 21.7. The molecule has 0 aliphatic rings. The van der Waals surface area contributed by atoms with Crippen LogP contribution in [0, 0.1) is 0 Å². The zero-order valence-corrected chi connectivity index (χ0v) is 28.8. The minimum atomic E-state index is -0.489. The summed E-state index contributed by atoms with van der Waals surface area (Å²) in [5.41, 5.74) is 0.632. The first kappa shape index (κ1) is 42.6. The van der Waals surface area contributed by atoms with Crippen molar-refractivity contribution in [2.45, 2.75) is 195 Å². The summed E-state index contributed by atoms with van der Waals surface area (Å²) < 4.78 is 9.38. The van der Waals surface area contributed by atoms with E-state index in [2.05, 4.69) is 36.5 Å². The van der Waals surface area contributed by atoms with Gasteiger partial charge in [0.25, 0.3) is 0 Å². The number of unbranched alkanes of at least 4 members (excludes halogenated alkanes) is 25. The van der Waals surface area contributed by atoms with E-state index in [1.54, 1.807) is 13.8 Å². The Morgan fingerprint density at radius 3 is 0.690 bits per heavy atom. The van der Waals surface area contributed by atoms with Crippen LogP contribution in [0.1, 0.15) is 195 Å². The highest BCUT2D eigenvalue weighted by atomic mass is 16.6. The maximum atomic E-state index is 10.8. The number of carbonyl (C=O) groups excluding carboxylic acids is 2. The summed E-state index contributed by atoms with van der Waals surface area (Å²) in [6, 6.07) is 0. The molecule has 0 radical (unpaired) electrons. The number of hydrogen-bond acceptors (Lipinski definition) is 4. The third kappa shape index (κ3) is 36.4. The van der Waals surface area contributed by atoms with E-state index in [-0.39, 0.29) is 13.2 Å². The van der Waals surface area contributed by atoms with Crippen LogP contribution in [0.5, 0.6) is 0 Å². The lowest BCUT2D eigenvalue weighted by molar-refractivity contribution is -0.147. The van der Waals surface area contributed by atoms with Gasteiger partial charge in [-0.3, -0.25) is 0 Å². The molecule has 0 spiro atoms. The molecule has 0 saturated carbocycles. The fourth-order valence-corrected chi connectivity index (χ4v) is 4.90. The molecule has 0 aromatic rings. The van der Waals surface area contributed by atoms with Crippen molar-refractivity contribution < 1.29 is 19.1 Å². The Labute approximate surface area is 262 Å². The molecule has 0 fully saturated rings. The van der Waals surface area contributed by atoms with Crippen LogP contribution in [0.15, 0.2) is 24.3 Å². The molecule has 0 heterocycles. The quantitative estimate of drug-likeness (QED) is 0.0473. The van der Waals surface area contributed by atoms with Gasteiger partial charge >= 0.3 is 11.9 Å². The van der Waals surface area contributed by atoms with Crippen LogP contribution >= 0.6 is 0 Å². The number of carbonyl (C=O) groups is 2. The van der Waals surface area contributed by atoms with Gasteiger partial charge in [-0.2, -0.15) is 0 Å². The van der Waals surface area contributed by atoms with Crippen LogP contribution < -0.4 is 0 Å². The Bertz CT molecular complexity index is 571. The molecule has 4 nitrogen and oxygen atoms in total. The van der Waals surface area contributed by atoms with Crippen LogP contribution in [0.4, 0.5) is 0 Å². The van der Waals surface area contributed by atoms with Crippen molar-refractivity contribution >= 4 is 11.9 Å². The normalized spacial score (nSPS) is 10.6. The first-order valence-electron chi connectivity index (χ1n) is 18.0. The minimum Gasteiger partial charge on any atom is -0.459 e. The summed E-state index contributed by atoms with van der Waals surface area (Å²) in [7, 11) is 0. The molecule has 0 bridgehead atoms. The third-order valence-corrected chi connectivity index (χ3v) is 7.70. The van der Waals surface area contributed by atoms with Crippen molar-refractivity contribution in [3.05, 3.63) is 24.3 Å². The second-order valence-electron chi connectivity index (χ2n) is 12.3. The maximum absolute atomic E-state index is 10.8. The molecule has 0 aromatic heterocycles. The van der Waals surface area contributed by atoms with E-state index in [1.807, 2.05) is 0 Å². The second kappa shape index (κ2) is 35.6. The minimum absolute atomic E-state index is 0.0325. The van der Waals surface area contributed by atoms with E-state index in [4.69, 9.17) is 0 Å². The van der Waals surface area contributed by atoms with E-state index in [9.17, 15) is 9.59 Å². The summed E-state index contributed by atoms with van der Waals surface area (Å²) in [6.07, 6.45) is 38.4. The Morgan fingerprint density at radius 1 is 0.381 bits per heavy atom. The topological polar surface area (TPSA) is 52.6 Å². The molecular weight excluding hydrogens is 520 g/mol. The zero-order chi connectivity index (χ0) is 31.5. The van der Waals surface area contributed by atoms with Crippen molar-refractivity contribution in [1.29, 1.82) is 0 Å². The predicted molar refractivity (Wildman–Crippen MR) is 183 cm³/mol. The average molecular weight is 593 g/mol. The molecule has 0 N–H and O–H groups in total. The first-order chi connectivity index (χ1) is 20.4. The van der Waals surface area contributed by atoms with E-state index in [1.165, 1.54) is 167 Å². The Balaban J connectivity index is 0. The lowest BCUT2D eigenvalue weighted by Crippen LogP contribution is -2.14. The van der Waals surface area contributed by atoms with Gasteiger partial charge in [-0.1, -0.05) is 194 Å². The fraction of sp³-hybridized carbons (Fsp3) is 0.842. The molecule has 0 aliphatic carbocycles. The monoisotopic (exact) mass is 593 g/mol.